The van der Waals surface area contributed by atoms with Gasteiger partial charge in [-0.1, -0.05) is 0 Å². The van der Waals surface area contributed by atoms with E-state index in [1.165, 1.54) is 0 Å². The molecule has 0 saturated heterocycles. The van der Waals surface area contributed by atoms with Crippen molar-refractivity contribution in [2.45, 2.75) is 0 Å². The Kier molecular flexibility index (Phi) is 3540. The minimum absolute atomic E-state index is 0. The van der Waals surface area contributed by atoms with Gasteiger partial charge in [0.25, 0.3) is 0 Å². The molecule has 8 heavy (non-hydrogen) atoms. The summed E-state index contributed by atoms with van der Waals surface area (Å²) in [6.07, 6.45) is 0. The summed E-state index contributed by atoms with van der Waals surface area (Å²) in [5, 5.41) is 0. The molecule has 0 aromatic carbocycles. The fourth-order valence-electron chi connectivity index (χ4n) is 0. The summed E-state index contributed by atoms with van der Waals surface area (Å²) in [5.74, 6) is 0. The molecule has 0 atom stereocenters. The van der Waals surface area contributed by atoms with Gasteiger partial charge >= 0.3 is 73.1 Å². The quantitative estimate of drug-likeness (QED) is 0.380. The van der Waals surface area contributed by atoms with Crippen molar-refractivity contribution in [3.05, 3.63) is 0 Å². The Labute approximate surface area is 99.7 Å². The van der Waals surface area contributed by atoms with Crippen LogP contribution in [0.5, 0.6) is 0 Å². The van der Waals surface area contributed by atoms with Crippen molar-refractivity contribution in [3.63, 3.8) is 0 Å². The van der Waals surface area contributed by atoms with E-state index >= 15 is 0 Å². The normalized spacial score (nSPS) is 0. The largest absolute Gasteiger partial charge is 3.00 e. The van der Waals surface area contributed by atoms with E-state index in [0.29, 0.717) is 0 Å². The first kappa shape index (κ1) is 200. The zero-order valence-electron chi connectivity index (χ0n) is 3.25. The Bertz CT molecular complexity index is 8.49. The summed E-state index contributed by atoms with van der Waals surface area (Å²) in [5.41, 5.74) is 0. The van der Waals surface area contributed by atoms with Gasteiger partial charge in [0.1, 0.15) is 0 Å². The second-order valence-corrected chi connectivity index (χ2v) is 0. The SMILES string of the molecule is [F-].[F-].[F-].[F-].[F-].[F-].[Sm+3].[Y+3]. The molecule has 51 valence electrons. The van der Waals surface area contributed by atoms with Crippen molar-refractivity contribution >= 4 is 0 Å². The molecule has 0 aliphatic heterocycles. The Balaban J connectivity index is 0. The first-order valence-electron chi connectivity index (χ1n) is 0. The second kappa shape index (κ2) is 142. The van der Waals surface area contributed by atoms with Crippen molar-refractivity contribution < 1.29 is 101 Å². The van der Waals surface area contributed by atoms with Crippen molar-refractivity contribution in [1.29, 1.82) is 0 Å². The number of hydrogen-bond acceptors (Lipinski definition) is 0. The molecule has 8 heteroatoms. The van der Waals surface area contributed by atoms with Crippen LogP contribution in [0.2, 0.25) is 0 Å². The van der Waals surface area contributed by atoms with E-state index in [1.54, 1.807) is 0 Å². The predicted molar refractivity (Wildman–Crippen MR) is 0 cm³/mol. The van der Waals surface area contributed by atoms with Gasteiger partial charge in [-0.15, -0.1) is 0 Å². The van der Waals surface area contributed by atoms with Crippen LogP contribution in [-0.2, 0) is 32.7 Å². The van der Waals surface area contributed by atoms with Crippen LogP contribution in [0, 0.1) is 40.4 Å². The molecule has 0 bridgehead atoms. The third-order valence-corrected chi connectivity index (χ3v) is 0. The summed E-state index contributed by atoms with van der Waals surface area (Å²) in [6, 6.07) is 0. The minimum atomic E-state index is 0. The maximum absolute atomic E-state index is 0. The molecule has 0 aromatic heterocycles. The van der Waals surface area contributed by atoms with Crippen LogP contribution >= 0.6 is 0 Å². The number of halogens is 6. The summed E-state index contributed by atoms with van der Waals surface area (Å²) >= 11 is 0. The van der Waals surface area contributed by atoms with Crippen LogP contribution in [-0.4, -0.2) is 0 Å². The van der Waals surface area contributed by atoms with Crippen molar-refractivity contribution in [2.24, 2.45) is 0 Å². The fraction of sp³-hybridized carbons (Fsp3) is 0. The summed E-state index contributed by atoms with van der Waals surface area (Å²) in [4.78, 5) is 0. The molecule has 0 saturated carbocycles. The zero-order chi connectivity index (χ0) is 0. The Morgan fingerprint density at radius 1 is 0.375 bits per heavy atom. The first-order valence-corrected chi connectivity index (χ1v) is 0. The zero-order valence-corrected chi connectivity index (χ0v) is 8.71. The van der Waals surface area contributed by atoms with Crippen LogP contribution in [0.1, 0.15) is 0 Å². The summed E-state index contributed by atoms with van der Waals surface area (Å²) in [6.45, 7) is 0. The molecule has 0 aliphatic rings. The molecule has 0 spiro atoms. The minimum Gasteiger partial charge on any atom is -1.00 e. The van der Waals surface area contributed by atoms with E-state index < -0.39 is 0 Å². The van der Waals surface area contributed by atoms with E-state index in [-0.39, 0.29) is 101 Å². The van der Waals surface area contributed by atoms with Crippen molar-refractivity contribution in [3.8, 4) is 0 Å². The summed E-state index contributed by atoms with van der Waals surface area (Å²) < 4.78 is 0. The second-order valence-electron chi connectivity index (χ2n) is 0. The molecule has 0 aromatic rings. The molecule has 0 fully saturated rings. The molecule has 0 unspecified atom stereocenters. The molecule has 0 rings (SSSR count). The van der Waals surface area contributed by atoms with Gasteiger partial charge in [-0.2, -0.15) is 0 Å². The average Bonchev–Trinajstić information content (AvgIpc) is 0. The van der Waals surface area contributed by atoms with Gasteiger partial charge in [-0.05, 0) is 0 Å². The van der Waals surface area contributed by atoms with Crippen molar-refractivity contribution in [2.75, 3.05) is 0 Å². The third kappa shape index (κ3) is 96.8. The third-order valence-electron chi connectivity index (χ3n) is 0. The van der Waals surface area contributed by atoms with E-state index in [1.807, 2.05) is 0 Å². The smallest absolute Gasteiger partial charge is 1.00 e. The Hall–Kier alpha value is 2.02. The molecule has 0 N–H and O–H groups in total. The van der Waals surface area contributed by atoms with Gasteiger partial charge in [0.15, 0.2) is 0 Å². The van der Waals surface area contributed by atoms with Gasteiger partial charge in [0.05, 0.1) is 0 Å². The van der Waals surface area contributed by atoms with Crippen LogP contribution in [0.15, 0.2) is 0 Å². The van der Waals surface area contributed by atoms with Gasteiger partial charge < -0.3 is 28.2 Å². The van der Waals surface area contributed by atoms with E-state index in [9.17, 15) is 0 Å². The van der Waals surface area contributed by atoms with Crippen molar-refractivity contribution in [1.82, 2.24) is 0 Å². The van der Waals surface area contributed by atoms with Crippen LogP contribution in [0.25, 0.3) is 0 Å². The van der Waals surface area contributed by atoms with Gasteiger partial charge in [-0.25, -0.2) is 0 Å². The fourth-order valence-corrected chi connectivity index (χ4v) is 0. The first-order chi connectivity index (χ1) is 0. The molecule has 0 heterocycles. The standard InChI is InChI=1S/6FH.Sm.Y/h6*1H;;/q;;;;;;2*+3/p-6. The van der Waals surface area contributed by atoms with Gasteiger partial charge in [0, 0.05) is 0 Å². The molecule has 0 nitrogen and oxygen atoms in total. The van der Waals surface area contributed by atoms with Crippen LogP contribution in [0.3, 0.4) is 0 Å². The average molecular weight is 353 g/mol. The molecule has 1 radical (unpaired) electrons. The van der Waals surface area contributed by atoms with E-state index in [4.69, 9.17) is 0 Å². The maximum Gasteiger partial charge on any atom is 3.00 e. The molecular formula is F6SmY. The van der Waals surface area contributed by atoms with E-state index in [2.05, 4.69) is 0 Å². The van der Waals surface area contributed by atoms with Gasteiger partial charge in [0.2, 0.25) is 0 Å². The molecule has 0 amide bonds. The van der Waals surface area contributed by atoms with Crippen LogP contribution in [0.4, 0.5) is 0 Å². The Morgan fingerprint density at radius 2 is 0.375 bits per heavy atom. The Morgan fingerprint density at radius 3 is 0.375 bits per heavy atom. The number of rotatable bonds is 0. The van der Waals surface area contributed by atoms with Gasteiger partial charge in [-0.3, -0.25) is 0 Å². The van der Waals surface area contributed by atoms with E-state index in [0.717, 1.165) is 0 Å². The van der Waals surface area contributed by atoms with Crippen LogP contribution < -0.4 is 28.2 Å². The summed E-state index contributed by atoms with van der Waals surface area (Å²) in [7, 11) is 0. The molecular weight excluding hydrogens is 353 g/mol. The topological polar surface area (TPSA) is 0 Å². The predicted octanol–water partition coefficient (Wildman–Crippen LogP) is -18.0. The monoisotopic (exact) mass is 355 g/mol. The maximum atomic E-state index is 0. The molecule has 0 aliphatic carbocycles. The number of hydrogen-bond donors (Lipinski definition) is 0.